The van der Waals surface area contributed by atoms with Gasteiger partial charge in [-0.3, -0.25) is 4.90 Å². The normalized spacial score (nSPS) is 11.6. The molecular weight excluding hydrogens is 254 g/mol. The number of aromatic amines is 1. The fourth-order valence-corrected chi connectivity index (χ4v) is 2.05. The molecule has 5 nitrogen and oxygen atoms in total. The molecule has 0 fully saturated rings. The summed E-state index contributed by atoms with van der Waals surface area (Å²) in [5, 5.41) is 18.6. The molecule has 0 radical (unpaired) electrons. The first-order valence-corrected chi connectivity index (χ1v) is 6.19. The number of imidazole rings is 1. The van der Waals surface area contributed by atoms with Crippen molar-refractivity contribution in [3.8, 4) is 0 Å². The highest BCUT2D eigenvalue weighted by Crippen LogP contribution is 2.17. The maximum Gasteiger partial charge on any atom is 0.121 e. The second-order valence-corrected chi connectivity index (χ2v) is 4.50. The van der Waals surface area contributed by atoms with Crippen molar-refractivity contribution in [3.05, 3.63) is 29.0 Å². The van der Waals surface area contributed by atoms with Crippen LogP contribution >= 0.6 is 11.6 Å². The van der Waals surface area contributed by atoms with Crippen molar-refractivity contribution in [2.24, 2.45) is 0 Å². The monoisotopic (exact) mass is 269 g/mol. The number of hydrogen-bond donors (Lipinski definition) is 3. The summed E-state index contributed by atoms with van der Waals surface area (Å²) in [6, 6.07) is 5.49. The van der Waals surface area contributed by atoms with Gasteiger partial charge in [0.1, 0.15) is 5.82 Å². The fraction of sp³-hybridized carbons (Fsp3) is 0.417. The summed E-state index contributed by atoms with van der Waals surface area (Å²) in [6.07, 6.45) is 0. The number of fused-ring (bicyclic) bond motifs is 1. The number of halogens is 1. The first-order valence-electron chi connectivity index (χ1n) is 5.81. The summed E-state index contributed by atoms with van der Waals surface area (Å²) in [5.74, 6) is 0.800. The second kappa shape index (κ2) is 6.15. The van der Waals surface area contributed by atoms with E-state index in [9.17, 15) is 0 Å². The Labute approximate surface area is 110 Å². The number of aromatic nitrogens is 2. The number of aliphatic hydroxyl groups is 2. The molecule has 0 aliphatic rings. The van der Waals surface area contributed by atoms with Crippen molar-refractivity contribution >= 4 is 22.6 Å². The SMILES string of the molecule is OCCN(CCO)Cc1nc2ccc(Cl)cc2[nH]1. The van der Waals surface area contributed by atoms with Crippen LogP contribution in [0.15, 0.2) is 18.2 Å². The van der Waals surface area contributed by atoms with Crippen LogP contribution in [0.4, 0.5) is 0 Å². The van der Waals surface area contributed by atoms with Crippen LogP contribution < -0.4 is 0 Å². The molecule has 0 amide bonds. The summed E-state index contributed by atoms with van der Waals surface area (Å²) in [6.45, 7) is 1.71. The Kier molecular flexibility index (Phi) is 4.54. The van der Waals surface area contributed by atoms with Gasteiger partial charge in [0.25, 0.3) is 0 Å². The summed E-state index contributed by atoms with van der Waals surface area (Å²) in [4.78, 5) is 9.55. The lowest BCUT2D eigenvalue weighted by Crippen LogP contribution is -2.29. The maximum atomic E-state index is 8.95. The van der Waals surface area contributed by atoms with Crippen molar-refractivity contribution in [2.45, 2.75) is 6.54 Å². The molecule has 0 spiro atoms. The highest BCUT2D eigenvalue weighted by Gasteiger charge is 2.08. The zero-order valence-electron chi connectivity index (χ0n) is 9.93. The van der Waals surface area contributed by atoms with E-state index in [1.54, 1.807) is 6.07 Å². The Morgan fingerprint density at radius 2 is 1.94 bits per heavy atom. The lowest BCUT2D eigenvalue weighted by molar-refractivity contribution is 0.154. The minimum Gasteiger partial charge on any atom is -0.395 e. The molecule has 0 saturated heterocycles. The van der Waals surface area contributed by atoms with Gasteiger partial charge in [-0.15, -0.1) is 0 Å². The van der Waals surface area contributed by atoms with Gasteiger partial charge in [-0.25, -0.2) is 4.98 Å². The van der Waals surface area contributed by atoms with E-state index in [4.69, 9.17) is 21.8 Å². The van der Waals surface area contributed by atoms with Crippen LogP contribution in [0.25, 0.3) is 11.0 Å². The molecule has 98 valence electrons. The van der Waals surface area contributed by atoms with Crippen LogP contribution in [0.1, 0.15) is 5.82 Å². The van der Waals surface area contributed by atoms with Crippen LogP contribution in [0.5, 0.6) is 0 Å². The van der Waals surface area contributed by atoms with E-state index >= 15 is 0 Å². The van der Waals surface area contributed by atoms with Crippen molar-refractivity contribution < 1.29 is 10.2 Å². The third-order valence-electron chi connectivity index (χ3n) is 2.70. The summed E-state index contributed by atoms with van der Waals surface area (Å²) >= 11 is 5.91. The van der Waals surface area contributed by atoms with Gasteiger partial charge in [-0.2, -0.15) is 0 Å². The van der Waals surface area contributed by atoms with Crippen molar-refractivity contribution in [1.29, 1.82) is 0 Å². The molecule has 18 heavy (non-hydrogen) atoms. The van der Waals surface area contributed by atoms with Crippen molar-refractivity contribution in [2.75, 3.05) is 26.3 Å². The average molecular weight is 270 g/mol. The topological polar surface area (TPSA) is 72.4 Å². The standard InChI is InChI=1S/C12H16ClN3O2/c13-9-1-2-10-11(7-9)15-12(14-10)8-16(3-5-17)4-6-18/h1-2,7,17-18H,3-6,8H2,(H,14,15). The van der Waals surface area contributed by atoms with Crippen LogP contribution in [-0.4, -0.2) is 51.4 Å². The molecule has 1 aromatic carbocycles. The van der Waals surface area contributed by atoms with Gasteiger partial charge in [0, 0.05) is 18.1 Å². The van der Waals surface area contributed by atoms with Crippen molar-refractivity contribution in [1.82, 2.24) is 14.9 Å². The van der Waals surface area contributed by atoms with Gasteiger partial charge in [0.2, 0.25) is 0 Å². The lowest BCUT2D eigenvalue weighted by Gasteiger charge is -2.18. The van der Waals surface area contributed by atoms with E-state index in [0.717, 1.165) is 16.9 Å². The number of aliphatic hydroxyl groups excluding tert-OH is 2. The van der Waals surface area contributed by atoms with E-state index in [1.807, 2.05) is 17.0 Å². The predicted molar refractivity (Wildman–Crippen MR) is 70.6 cm³/mol. The number of H-pyrrole nitrogens is 1. The first kappa shape index (κ1) is 13.3. The quantitative estimate of drug-likeness (QED) is 0.732. The fourth-order valence-electron chi connectivity index (χ4n) is 1.87. The van der Waals surface area contributed by atoms with E-state index in [2.05, 4.69) is 9.97 Å². The third kappa shape index (κ3) is 3.20. The molecule has 3 N–H and O–H groups in total. The van der Waals surface area contributed by atoms with Gasteiger partial charge in [0.05, 0.1) is 30.8 Å². The van der Waals surface area contributed by atoms with Gasteiger partial charge in [0.15, 0.2) is 0 Å². The lowest BCUT2D eigenvalue weighted by atomic mass is 10.3. The van der Waals surface area contributed by atoms with E-state index < -0.39 is 0 Å². The number of nitrogens with zero attached hydrogens (tertiary/aromatic N) is 2. The van der Waals surface area contributed by atoms with E-state index in [-0.39, 0.29) is 13.2 Å². The third-order valence-corrected chi connectivity index (χ3v) is 2.93. The van der Waals surface area contributed by atoms with Gasteiger partial charge in [-0.1, -0.05) is 11.6 Å². The van der Waals surface area contributed by atoms with Crippen molar-refractivity contribution in [3.63, 3.8) is 0 Å². The summed E-state index contributed by atoms with van der Waals surface area (Å²) in [7, 11) is 0. The number of rotatable bonds is 6. The van der Waals surface area contributed by atoms with Crippen LogP contribution in [0.2, 0.25) is 5.02 Å². The number of nitrogens with one attached hydrogen (secondary N) is 1. The molecular formula is C12H16ClN3O2. The molecule has 0 saturated carbocycles. The molecule has 6 heteroatoms. The molecule has 0 atom stereocenters. The second-order valence-electron chi connectivity index (χ2n) is 4.07. The van der Waals surface area contributed by atoms with Gasteiger partial charge >= 0.3 is 0 Å². The minimum absolute atomic E-state index is 0.0616. The molecule has 0 unspecified atom stereocenters. The molecule has 0 bridgehead atoms. The molecule has 0 aliphatic heterocycles. The maximum absolute atomic E-state index is 8.95. The summed E-state index contributed by atoms with van der Waals surface area (Å²) in [5.41, 5.74) is 1.76. The van der Waals surface area contributed by atoms with Crippen LogP contribution in [0.3, 0.4) is 0 Å². The van der Waals surface area contributed by atoms with Crippen LogP contribution in [0, 0.1) is 0 Å². The molecule has 1 heterocycles. The number of hydrogen-bond acceptors (Lipinski definition) is 4. The summed E-state index contributed by atoms with van der Waals surface area (Å²) < 4.78 is 0. The van der Waals surface area contributed by atoms with Gasteiger partial charge < -0.3 is 15.2 Å². The molecule has 2 rings (SSSR count). The number of benzene rings is 1. The largest absolute Gasteiger partial charge is 0.395 e. The van der Waals surface area contributed by atoms with E-state index in [0.29, 0.717) is 24.7 Å². The molecule has 0 aliphatic carbocycles. The Morgan fingerprint density at radius 1 is 1.22 bits per heavy atom. The van der Waals surface area contributed by atoms with Crippen LogP contribution in [-0.2, 0) is 6.54 Å². The Hall–Kier alpha value is -1.14. The molecule has 1 aromatic heterocycles. The molecule has 2 aromatic rings. The minimum atomic E-state index is 0.0616. The Morgan fingerprint density at radius 3 is 2.61 bits per heavy atom. The van der Waals surface area contributed by atoms with Gasteiger partial charge in [-0.05, 0) is 18.2 Å². The average Bonchev–Trinajstić information content (AvgIpc) is 2.71. The zero-order valence-corrected chi connectivity index (χ0v) is 10.7. The highest BCUT2D eigenvalue weighted by atomic mass is 35.5. The highest BCUT2D eigenvalue weighted by molar-refractivity contribution is 6.31. The Balaban J connectivity index is 2.14. The predicted octanol–water partition coefficient (Wildman–Crippen LogP) is 1.00. The first-order chi connectivity index (χ1) is 8.72. The van der Waals surface area contributed by atoms with E-state index in [1.165, 1.54) is 0 Å². The Bertz CT molecular complexity index is 509. The smallest absolute Gasteiger partial charge is 0.121 e. The zero-order chi connectivity index (χ0) is 13.0.